The Morgan fingerprint density at radius 3 is 2.25 bits per heavy atom. The maximum Gasteiger partial charge on any atom is 0.254 e. The van der Waals surface area contributed by atoms with Gasteiger partial charge in [-0.25, -0.2) is 8.42 Å². The lowest BCUT2D eigenvalue weighted by molar-refractivity contribution is 0.0772. The van der Waals surface area contributed by atoms with E-state index in [9.17, 15) is 13.2 Å². The lowest BCUT2D eigenvalue weighted by Crippen LogP contribution is -2.43. The maximum absolute atomic E-state index is 13.1. The van der Waals surface area contributed by atoms with Gasteiger partial charge in [0.25, 0.3) is 5.91 Å². The first-order valence-corrected chi connectivity index (χ1v) is 11.0. The molecule has 28 heavy (non-hydrogen) atoms. The van der Waals surface area contributed by atoms with Crippen LogP contribution in [-0.4, -0.2) is 50.9 Å². The molecule has 0 aromatic heterocycles. The van der Waals surface area contributed by atoms with Crippen LogP contribution in [0.3, 0.4) is 0 Å². The van der Waals surface area contributed by atoms with E-state index >= 15 is 0 Å². The monoisotopic (exact) mass is 395 g/mol. The molecule has 0 saturated carbocycles. The highest BCUT2D eigenvalue weighted by Gasteiger charge is 2.26. The van der Waals surface area contributed by atoms with Crippen LogP contribution in [0.15, 0.2) is 60.7 Å². The number of para-hydroxylation sites is 1. The molecule has 6 heteroatoms. The van der Waals surface area contributed by atoms with E-state index in [-0.39, 0.29) is 30.5 Å². The number of sulfone groups is 1. The van der Waals surface area contributed by atoms with Crippen molar-refractivity contribution in [1.29, 1.82) is 0 Å². The van der Waals surface area contributed by atoms with Gasteiger partial charge in [-0.05, 0) is 28.5 Å². The van der Waals surface area contributed by atoms with Crippen molar-refractivity contribution in [2.45, 2.75) is 0 Å². The van der Waals surface area contributed by atoms with Gasteiger partial charge < -0.3 is 9.64 Å². The predicted octanol–water partition coefficient (Wildman–Crippen LogP) is 3.39. The largest absolute Gasteiger partial charge is 0.496 e. The first-order chi connectivity index (χ1) is 13.5. The highest BCUT2D eigenvalue weighted by molar-refractivity contribution is 7.91. The Morgan fingerprint density at radius 1 is 0.857 bits per heavy atom. The molecule has 144 valence electrons. The van der Waals surface area contributed by atoms with E-state index in [4.69, 9.17) is 4.74 Å². The van der Waals surface area contributed by atoms with Gasteiger partial charge in [-0.15, -0.1) is 0 Å². The third-order valence-corrected chi connectivity index (χ3v) is 6.79. The standard InChI is InChI=1S/C22H21NO4S/c1-27-21-11-3-2-6-19(21)17-8-4-9-18-16(17)7-5-10-20(18)22(24)23-12-14-28(25,26)15-13-23/h2-11H,12-15H2,1H3. The second-order valence-electron chi connectivity index (χ2n) is 6.85. The minimum atomic E-state index is -3.03. The average molecular weight is 395 g/mol. The van der Waals surface area contributed by atoms with E-state index < -0.39 is 9.84 Å². The van der Waals surface area contributed by atoms with Crippen LogP contribution in [0.2, 0.25) is 0 Å². The molecule has 0 unspecified atom stereocenters. The minimum absolute atomic E-state index is 0.0238. The number of carbonyl (C=O) groups is 1. The van der Waals surface area contributed by atoms with Gasteiger partial charge in [-0.1, -0.05) is 48.5 Å². The van der Waals surface area contributed by atoms with Gasteiger partial charge in [0.2, 0.25) is 0 Å². The average Bonchev–Trinajstić information content (AvgIpc) is 2.72. The lowest BCUT2D eigenvalue weighted by Gasteiger charge is -2.27. The second-order valence-corrected chi connectivity index (χ2v) is 9.15. The van der Waals surface area contributed by atoms with E-state index in [1.54, 1.807) is 18.1 Å². The van der Waals surface area contributed by atoms with Crippen LogP contribution < -0.4 is 4.74 Å². The topological polar surface area (TPSA) is 63.7 Å². The Morgan fingerprint density at radius 2 is 1.50 bits per heavy atom. The summed E-state index contributed by atoms with van der Waals surface area (Å²) in [5.41, 5.74) is 2.55. The molecule has 1 aliphatic heterocycles. The zero-order chi connectivity index (χ0) is 19.7. The Hall–Kier alpha value is -2.86. The summed E-state index contributed by atoms with van der Waals surface area (Å²) in [4.78, 5) is 14.7. The predicted molar refractivity (Wildman–Crippen MR) is 110 cm³/mol. The molecular weight excluding hydrogens is 374 g/mol. The first kappa shape index (κ1) is 18.5. The molecule has 4 rings (SSSR count). The molecule has 0 bridgehead atoms. The molecule has 0 radical (unpaired) electrons. The van der Waals surface area contributed by atoms with Crippen LogP contribution in [0.1, 0.15) is 10.4 Å². The number of nitrogens with zero attached hydrogens (tertiary/aromatic N) is 1. The van der Waals surface area contributed by atoms with Crippen LogP contribution in [-0.2, 0) is 9.84 Å². The summed E-state index contributed by atoms with van der Waals surface area (Å²) in [6.45, 7) is 0.480. The molecule has 1 aliphatic rings. The van der Waals surface area contributed by atoms with Crippen molar-refractivity contribution >= 4 is 26.5 Å². The number of fused-ring (bicyclic) bond motifs is 1. The van der Waals surface area contributed by atoms with Gasteiger partial charge in [0.15, 0.2) is 9.84 Å². The Kier molecular flexibility index (Phi) is 4.81. The molecule has 0 aliphatic carbocycles. The van der Waals surface area contributed by atoms with Crippen molar-refractivity contribution in [1.82, 2.24) is 4.90 Å². The maximum atomic E-state index is 13.1. The number of rotatable bonds is 3. The molecule has 1 amide bonds. The van der Waals surface area contributed by atoms with Crippen LogP contribution in [0, 0.1) is 0 Å². The van der Waals surface area contributed by atoms with Gasteiger partial charge in [0.05, 0.1) is 18.6 Å². The summed E-state index contributed by atoms with van der Waals surface area (Å²) >= 11 is 0. The normalized spacial score (nSPS) is 16.1. The molecule has 3 aromatic rings. The molecule has 1 fully saturated rings. The molecule has 0 atom stereocenters. The number of ether oxygens (including phenoxy) is 1. The van der Waals surface area contributed by atoms with Crippen molar-refractivity contribution in [2.24, 2.45) is 0 Å². The van der Waals surface area contributed by atoms with Crippen LogP contribution in [0.4, 0.5) is 0 Å². The lowest BCUT2D eigenvalue weighted by atomic mass is 9.94. The number of hydrogen-bond acceptors (Lipinski definition) is 4. The van der Waals surface area contributed by atoms with Crippen LogP contribution in [0.25, 0.3) is 21.9 Å². The summed E-state index contributed by atoms with van der Waals surface area (Å²) in [5.74, 6) is 0.692. The fourth-order valence-corrected chi connectivity index (χ4v) is 4.89. The van der Waals surface area contributed by atoms with Gasteiger partial charge in [-0.2, -0.15) is 0 Å². The number of hydrogen-bond donors (Lipinski definition) is 0. The highest BCUT2D eigenvalue weighted by Crippen LogP contribution is 2.36. The fraction of sp³-hybridized carbons (Fsp3) is 0.227. The zero-order valence-electron chi connectivity index (χ0n) is 15.6. The number of carbonyl (C=O) groups excluding carboxylic acids is 1. The SMILES string of the molecule is COc1ccccc1-c1cccc2c(C(=O)N3CCS(=O)(=O)CC3)cccc12. The number of amides is 1. The first-order valence-electron chi connectivity index (χ1n) is 9.15. The summed E-state index contributed by atoms with van der Waals surface area (Å²) in [6.07, 6.45) is 0. The van der Waals surface area contributed by atoms with Crippen molar-refractivity contribution in [3.05, 3.63) is 66.2 Å². The molecule has 0 N–H and O–H groups in total. The fourth-order valence-electron chi connectivity index (χ4n) is 3.68. The third-order valence-electron chi connectivity index (χ3n) is 5.18. The Balaban J connectivity index is 1.79. The van der Waals surface area contributed by atoms with E-state index in [0.29, 0.717) is 5.56 Å². The molecule has 5 nitrogen and oxygen atoms in total. The van der Waals surface area contributed by atoms with Crippen molar-refractivity contribution in [3.8, 4) is 16.9 Å². The van der Waals surface area contributed by atoms with E-state index in [1.807, 2.05) is 54.6 Å². The van der Waals surface area contributed by atoms with Gasteiger partial charge in [0.1, 0.15) is 5.75 Å². The Bertz CT molecular complexity index is 1140. The van der Waals surface area contributed by atoms with E-state index in [1.165, 1.54) is 0 Å². The molecule has 0 spiro atoms. The van der Waals surface area contributed by atoms with E-state index in [0.717, 1.165) is 27.6 Å². The third kappa shape index (κ3) is 3.36. The van der Waals surface area contributed by atoms with Gasteiger partial charge in [0, 0.05) is 24.2 Å². The zero-order valence-corrected chi connectivity index (χ0v) is 16.4. The Labute approximate surface area is 164 Å². The highest BCUT2D eigenvalue weighted by atomic mass is 32.2. The van der Waals surface area contributed by atoms with E-state index in [2.05, 4.69) is 0 Å². The smallest absolute Gasteiger partial charge is 0.254 e. The number of methoxy groups -OCH3 is 1. The second kappa shape index (κ2) is 7.28. The quantitative estimate of drug-likeness (QED) is 0.682. The molecule has 1 heterocycles. The minimum Gasteiger partial charge on any atom is -0.496 e. The summed E-state index contributed by atoms with van der Waals surface area (Å²) in [5, 5.41) is 1.81. The van der Waals surface area contributed by atoms with Crippen molar-refractivity contribution in [3.63, 3.8) is 0 Å². The van der Waals surface area contributed by atoms with Gasteiger partial charge in [-0.3, -0.25) is 4.79 Å². The number of benzene rings is 3. The summed E-state index contributed by atoms with van der Waals surface area (Å²) in [7, 11) is -1.39. The van der Waals surface area contributed by atoms with Crippen LogP contribution in [0.5, 0.6) is 5.75 Å². The molecule has 3 aromatic carbocycles. The van der Waals surface area contributed by atoms with Gasteiger partial charge >= 0.3 is 0 Å². The van der Waals surface area contributed by atoms with Crippen LogP contribution >= 0.6 is 0 Å². The summed E-state index contributed by atoms with van der Waals surface area (Å²) in [6, 6.07) is 19.3. The van der Waals surface area contributed by atoms with Crippen molar-refractivity contribution in [2.75, 3.05) is 31.7 Å². The summed E-state index contributed by atoms with van der Waals surface area (Å²) < 4.78 is 28.9. The van der Waals surface area contributed by atoms with Crippen molar-refractivity contribution < 1.29 is 17.9 Å². The molecular formula is C22H21NO4S. The molecule has 1 saturated heterocycles.